The molecule has 0 radical (unpaired) electrons. The van der Waals surface area contributed by atoms with Crippen molar-refractivity contribution in [2.24, 2.45) is 0 Å². The van der Waals surface area contributed by atoms with Crippen LogP contribution in [0.1, 0.15) is 11.1 Å². The molecule has 96 valence electrons. The second-order valence-electron chi connectivity index (χ2n) is 4.56. The van der Waals surface area contributed by atoms with Gasteiger partial charge in [0.15, 0.2) is 0 Å². The van der Waals surface area contributed by atoms with Gasteiger partial charge in [-0.2, -0.15) is 5.26 Å². The third-order valence-corrected chi connectivity index (χ3v) is 3.05. The third kappa shape index (κ3) is 2.29. The first-order chi connectivity index (χ1) is 9.76. The van der Waals surface area contributed by atoms with E-state index >= 15 is 0 Å². The Bertz CT molecular complexity index is 818. The Kier molecular flexibility index (Phi) is 3.02. The van der Waals surface area contributed by atoms with E-state index in [2.05, 4.69) is 21.4 Å². The van der Waals surface area contributed by atoms with E-state index in [1.54, 1.807) is 12.1 Å². The first-order valence-electron chi connectivity index (χ1n) is 6.25. The molecule has 1 heterocycles. The first-order valence-corrected chi connectivity index (χ1v) is 6.25. The second kappa shape index (κ2) is 4.98. The summed E-state index contributed by atoms with van der Waals surface area (Å²) < 4.78 is 0. The molecule has 0 saturated heterocycles. The van der Waals surface area contributed by atoms with Gasteiger partial charge in [0.05, 0.1) is 17.1 Å². The van der Waals surface area contributed by atoms with Crippen molar-refractivity contribution in [3.8, 4) is 6.07 Å². The summed E-state index contributed by atoms with van der Waals surface area (Å²) in [7, 11) is 0. The maximum Gasteiger partial charge on any atom is 0.141 e. The molecule has 0 fully saturated rings. The van der Waals surface area contributed by atoms with Crippen molar-refractivity contribution in [2.45, 2.75) is 6.92 Å². The minimum Gasteiger partial charge on any atom is -0.340 e. The molecule has 0 aliphatic carbocycles. The monoisotopic (exact) mass is 260 g/mol. The zero-order chi connectivity index (χ0) is 13.9. The summed E-state index contributed by atoms with van der Waals surface area (Å²) in [5.41, 5.74) is 3.50. The van der Waals surface area contributed by atoms with Gasteiger partial charge in [-0.15, -0.1) is 0 Å². The van der Waals surface area contributed by atoms with Gasteiger partial charge in [-0.25, -0.2) is 9.97 Å². The van der Waals surface area contributed by atoms with Crippen LogP contribution < -0.4 is 5.32 Å². The molecule has 20 heavy (non-hydrogen) atoms. The van der Waals surface area contributed by atoms with Crippen molar-refractivity contribution in [1.29, 1.82) is 5.26 Å². The van der Waals surface area contributed by atoms with E-state index in [4.69, 9.17) is 5.26 Å². The third-order valence-electron chi connectivity index (χ3n) is 3.05. The second-order valence-corrected chi connectivity index (χ2v) is 4.56. The molecular formula is C16H12N4. The largest absolute Gasteiger partial charge is 0.340 e. The molecule has 0 aliphatic rings. The highest BCUT2D eigenvalue weighted by Crippen LogP contribution is 2.24. The molecule has 0 saturated carbocycles. The molecule has 2 aromatic carbocycles. The molecule has 3 rings (SSSR count). The van der Waals surface area contributed by atoms with Gasteiger partial charge in [-0.1, -0.05) is 17.7 Å². The number of aromatic nitrogens is 2. The van der Waals surface area contributed by atoms with E-state index in [0.717, 1.165) is 28.0 Å². The van der Waals surface area contributed by atoms with Gasteiger partial charge in [0.2, 0.25) is 0 Å². The smallest absolute Gasteiger partial charge is 0.141 e. The highest BCUT2D eigenvalue weighted by atomic mass is 15.0. The molecule has 4 nitrogen and oxygen atoms in total. The number of aryl methyl sites for hydroxylation is 1. The van der Waals surface area contributed by atoms with Crippen molar-refractivity contribution in [3.63, 3.8) is 0 Å². The van der Waals surface area contributed by atoms with Crippen LogP contribution in [0, 0.1) is 18.3 Å². The standard InChI is InChI=1S/C16H12N4/c1-11-5-6-15-14(7-11)16(19-10-18-15)20-13-4-2-3-12(8-13)9-17/h2-8,10H,1H3,(H,18,19,20). The van der Waals surface area contributed by atoms with Gasteiger partial charge >= 0.3 is 0 Å². The van der Waals surface area contributed by atoms with E-state index in [1.807, 2.05) is 37.3 Å². The Morgan fingerprint density at radius 1 is 1.10 bits per heavy atom. The minimum absolute atomic E-state index is 0.615. The van der Waals surface area contributed by atoms with Crippen LogP contribution in [0.3, 0.4) is 0 Å². The van der Waals surface area contributed by atoms with E-state index in [9.17, 15) is 0 Å². The molecule has 1 aromatic heterocycles. The quantitative estimate of drug-likeness (QED) is 0.765. The van der Waals surface area contributed by atoms with Crippen LogP contribution in [-0.4, -0.2) is 9.97 Å². The zero-order valence-electron chi connectivity index (χ0n) is 11.0. The molecule has 0 aliphatic heterocycles. The Morgan fingerprint density at radius 2 is 2.00 bits per heavy atom. The zero-order valence-corrected chi connectivity index (χ0v) is 11.0. The average Bonchev–Trinajstić information content (AvgIpc) is 2.48. The summed E-state index contributed by atoms with van der Waals surface area (Å²) in [6, 6.07) is 15.5. The number of fused-ring (bicyclic) bond motifs is 1. The lowest BCUT2D eigenvalue weighted by molar-refractivity contribution is 1.21. The van der Waals surface area contributed by atoms with Gasteiger partial charge in [-0.3, -0.25) is 0 Å². The van der Waals surface area contributed by atoms with Crippen LogP contribution in [0.5, 0.6) is 0 Å². The van der Waals surface area contributed by atoms with Crippen LogP contribution in [0.15, 0.2) is 48.8 Å². The van der Waals surface area contributed by atoms with Crippen molar-refractivity contribution < 1.29 is 0 Å². The van der Waals surface area contributed by atoms with Crippen molar-refractivity contribution >= 4 is 22.4 Å². The van der Waals surface area contributed by atoms with E-state index in [0.29, 0.717) is 5.56 Å². The lowest BCUT2D eigenvalue weighted by Gasteiger charge is -2.09. The number of nitrogens with one attached hydrogen (secondary N) is 1. The minimum atomic E-state index is 0.615. The van der Waals surface area contributed by atoms with Gasteiger partial charge < -0.3 is 5.32 Å². The number of anilines is 2. The molecule has 0 atom stereocenters. The topological polar surface area (TPSA) is 61.6 Å². The van der Waals surface area contributed by atoms with Crippen LogP contribution in [-0.2, 0) is 0 Å². The molecule has 0 amide bonds. The summed E-state index contributed by atoms with van der Waals surface area (Å²) in [5, 5.41) is 13.1. The number of hydrogen-bond acceptors (Lipinski definition) is 4. The predicted octanol–water partition coefficient (Wildman–Crippen LogP) is 3.55. The number of nitrogens with zero attached hydrogens (tertiary/aromatic N) is 3. The molecule has 0 bridgehead atoms. The van der Waals surface area contributed by atoms with E-state index in [-0.39, 0.29) is 0 Å². The maximum atomic E-state index is 8.93. The fourth-order valence-corrected chi connectivity index (χ4v) is 2.07. The average molecular weight is 260 g/mol. The SMILES string of the molecule is Cc1ccc2ncnc(Nc3cccc(C#N)c3)c2c1. The Labute approximate surface area is 116 Å². The highest BCUT2D eigenvalue weighted by Gasteiger charge is 2.04. The highest BCUT2D eigenvalue weighted by molar-refractivity contribution is 5.91. The maximum absolute atomic E-state index is 8.93. The van der Waals surface area contributed by atoms with E-state index < -0.39 is 0 Å². The van der Waals surface area contributed by atoms with Crippen molar-refractivity contribution in [3.05, 3.63) is 59.9 Å². The molecule has 3 aromatic rings. The Morgan fingerprint density at radius 3 is 2.85 bits per heavy atom. The summed E-state index contributed by atoms with van der Waals surface area (Å²) in [5.74, 6) is 0.744. The molecule has 0 spiro atoms. The van der Waals surface area contributed by atoms with Crippen molar-refractivity contribution in [2.75, 3.05) is 5.32 Å². The molecular weight excluding hydrogens is 248 g/mol. The van der Waals surface area contributed by atoms with Gasteiger partial charge in [-0.05, 0) is 37.3 Å². The van der Waals surface area contributed by atoms with Crippen LogP contribution in [0.4, 0.5) is 11.5 Å². The lowest BCUT2D eigenvalue weighted by atomic mass is 10.1. The molecule has 4 heteroatoms. The normalized spacial score (nSPS) is 10.2. The number of rotatable bonds is 2. The van der Waals surface area contributed by atoms with Crippen LogP contribution >= 0.6 is 0 Å². The fraction of sp³-hybridized carbons (Fsp3) is 0.0625. The lowest BCUT2D eigenvalue weighted by Crippen LogP contribution is -1.96. The number of nitriles is 1. The van der Waals surface area contributed by atoms with Crippen LogP contribution in [0.2, 0.25) is 0 Å². The van der Waals surface area contributed by atoms with Gasteiger partial charge in [0.25, 0.3) is 0 Å². The Balaban J connectivity index is 2.06. The number of benzene rings is 2. The van der Waals surface area contributed by atoms with E-state index in [1.165, 1.54) is 6.33 Å². The fourth-order valence-electron chi connectivity index (χ4n) is 2.07. The van der Waals surface area contributed by atoms with Gasteiger partial charge in [0.1, 0.15) is 12.1 Å². The molecule has 1 N–H and O–H groups in total. The summed E-state index contributed by atoms with van der Waals surface area (Å²) in [4.78, 5) is 8.55. The first kappa shape index (κ1) is 12.1. The van der Waals surface area contributed by atoms with Crippen LogP contribution in [0.25, 0.3) is 10.9 Å². The Hall–Kier alpha value is -2.93. The summed E-state index contributed by atoms with van der Waals surface area (Å²) in [6.07, 6.45) is 1.54. The number of hydrogen-bond donors (Lipinski definition) is 1. The summed E-state index contributed by atoms with van der Waals surface area (Å²) >= 11 is 0. The van der Waals surface area contributed by atoms with Crippen molar-refractivity contribution in [1.82, 2.24) is 9.97 Å². The van der Waals surface area contributed by atoms with Gasteiger partial charge in [0, 0.05) is 11.1 Å². The predicted molar refractivity (Wildman–Crippen MR) is 78.7 cm³/mol. The molecule has 0 unspecified atom stereocenters. The summed E-state index contributed by atoms with van der Waals surface area (Å²) in [6.45, 7) is 2.03.